The molecule has 0 spiro atoms. The van der Waals surface area contributed by atoms with Crippen molar-refractivity contribution in [2.75, 3.05) is 19.6 Å². The van der Waals surface area contributed by atoms with E-state index >= 15 is 0 Å². The van der Waals surface area contributed by atoms with Gasteiger partial charge in [0.2, 0.25) is 17.7 Å². The molecule has 0 aliphatic carbocycles. The fourth-order valence-electron chi connectivity index (χ4n) is 3.50. The zero-order chi connectivity index (χ0) is 30.0. The molecule has 0 aromatic carbocycles. The molecule has 4 unspecified atom stereocenters. The predicted octanol–water partition coefficient (Wildman–Crippen LogP) is -3.26. The zero-order valence-electron chi connectivity index (χ0n) is 22.9. The van der Waals surface area contributed by atoms with Crippen molar-refractivity contribution in [3.8, 4) is 0 Å². The molecule has 224 valence electrons. The van der Waals surface area contributed by atoms with Gasteiger partial charge in [0, 0.05) is 13.1 Å². The summed E-state index contributed by atoms with van der Waals surface area (Å²) < 4.78 is 0. The van der Waals surface area contributed by atoms with Crippen LogP contribution < -0.4 is 50.4 Å². The lowest BCUT2D eigenvalue weighted by molar-refractivity contribution is -0.142. The van der Waals surface area contributed by atoms with Crippen molar-refractivity contribution in [1.82, 2.24) is 16.0 Å². The van der Waals surface area contributed by atoms with Crippen molar-refractivity contribution in [3.63, 3.8) is 0 Å². The van der Waals surface area contributed by atoms with E-state index in [0.717, 1.165) is 0 Å². The minimum atomic E-state index is -1.19. The predicted molar refractivity (Wildman–Crippen MR) is 149 cm³/mol. The number of hydrogen-bond acceptors (Lipinski definition) is 8. The second-order valence-electron chi connectivity index (χ2n) is 9.48. The van der Waals surface area contributed by atoms with Crippen LogP contribution in [0, 0.1) is 5.92 Å². The Labute approximate surface area is 229 Å². The molecule has 4 atom stereocenters. The van der Waals surface area contributed by atoms with Crippen LogP contribution in [0.5, 0.6) is 0 Å². The summed E-state index contributed by atoms with van der Waals surface area (Å²) in [6.07, 6.45) is 2.53. The molecule has 0 radical (unpaired) electrons. The molecule has 0 aliphatic rings. The summed E-state index contributed by atoms with van der Waals surface area (Å²) in [6, 6.07) is -4.17. The van der Waals surface area contributed by atoms with E-state index in [9.17, 15) is 24.3 Å². The normalized spacial score (nSPS) is 13.9. The van der Waals surface area contributed by atoms with Crippen molar-refractivity contribution in [3.05, 3.63) is 0 Å². The first-order chi connectivity index (χ1) is 18.3. The minimum absolute atomic E-state index is 0.0699. The van der Waals surface area contributed by atoms with E-state index in [1.165, 1.54) is 0 Å². The van der Waals surface area contributed by atoms with Crippen LogP contribution in [0.4, 0.5) is 0 Å². The molecule has 0 aliphatic heterocycles. The third kappa shape index (κ3) is 16.0. The molecule has 0 aromatic rings. The van der Waals surface area contributed by atoms with Crippen LogP contribution in [0.3, 0.4) is 0 Å². The molecule has 16 N–H and O–H groups in total. The Balaban J connectivity index is 5.46. The number of carboxylic acids is 1. The Hall–Kier alpha value is -3.66. The zero-order valence-corrected chi connectivity index (χ0v) is 22.9. The average molecular weight is 558 g/mol. The number of guanidine groups is 2. The second-order valence-corrected chi connectivity index (χ2v) is 9.48. The van der Waals surface area contributed by atoms with Gasteiger partial charge in [-0.15, -0.1) is 0 Å². The van der Waals surface area contributed by atoms with Gasteiger partial charge in [0.15, 0.2) is 11.9 Å². The molecule has 0 saturated carbocycles. The lowest BCUT2D eigenvalue weighted by atomic mass is 10.0. The average Bonchev–Trinajstić information content (AvgIpc) is 2.85. The monoisotopic (exact) mass is 557 g/mol. The maximum Gasteiger partial charge on any atom is 0.326 e. The molecular weight excluding hydrogens is 510 g/mol. The fourth-order valence-corrected chi connectivity index (χ4v) is 3.50. The number of amides is 3. The summed E-state index contributed by atoms with van der Waals surface area (Å²) in [5.74, 6) is -3.61. The number of nitrogens with two attached hydrogens (primary N) is 6. The van der Waals surface area contributed by atoms with Crippen LogP contribution in [0.25, 0.3) is 0 Å². The number of carbonyl (C=O) groups is 4. The highest BCUT2D eigenvalue weighted by Gasteiger charge is 2.31. The molecule has 0 aromatic heterocycles. The second kappa shape index (κ2) is 19.4. The third-order valence-corrected chi connectivity index (χ3v) is 5.69. The van der Waals surface area contributed by atoms with E-state index in [1.54, 1.807) is 13.8 Å². The van der Waals surface area contributed by atoms with Gasteiger partial charge < -0.3 is 55.5 Å². The Bertz CT molecular complexity index is 842. The summed E-state index contributed by atoms with van der Waals surface area (Å²) in [6.45, 7) is 4.31. The molecule has 0 saturated heterocycles. The van der Waals surface area contributed by atoms with Gasteiger partial charge in [-0.05, 0) is 57.4 Å². The SMILES string of the molecule is CC(C)C(NC(=O)C(CCCN=C(N)N)NC(=O)C(N)CCCN=C(N)N)C(=O)NC(CCCCN)C(=O)O. The molecule has 0 heterocycles. The van der Waals surface area contributed by atoms with Gasteiger partial charge in [-0.3, -0.25) is 24.4 Å². The summed E-state index contributed by atoms with van der Waals surface area (Å²) in [4.78, 5) is 58.2. The van der Waals surface area contributed by atoms with Gasteiger partial charge in [-0.2, -0.15) is 0 Å². The number of nitrogens with zero attached hydrogens (tertiary/aromatic N) is 2. The number of carbonyl (C=O) groups excluding carboxylic acids is 3. The van der Waals surface area contributed by atoms with E-state index in [2.05, 4.69) is 25.9 Å². The molecule has 16 nitrogen and oxygen atoms in total. The van der Waals surface area contributed by atoms with Crippen molar-refractivity contribution in [1.29, 1.82) is 0 Å². The molecule has 39 heavy (non-hydrogen) atoms. The Morgan fingerprint density at radius 2 is 1.23 bits per heavy atom. The summed E-state index contributed by atoms with van der Waals surface area (Å²) >= 11 is 0. The maximum atomic E-state index is 13.2. The largest absolute Gasteiger partial charge is 0.480 e. The highest BCUT2D eigenvalue weighted by molar-refractivity contribution is 5.94. The van der Waals surface area contributed by atoms with Crippen LogP contribution in [-0.2, 0) is 19.2 Å². The van der Waals surface area contributed by atoms with Crippen LogP contribution >= 0.6 is 0 Å². The minimum Gasteiger partial charge on any atom is -0.480 e. The quantitative estimate of drug-likeness (QED) is 0.0402. The summed E-state index contributed by atoms with van der Waals surface area (Å²) in [5, 5.41) is 17.2. The Morgan fingerprint density at radius 1 is 0.718 bits per heavy atom. The van der Waals surface area contributed by atoms with Gasteiger partial charge >= 0.3 is 5.97 Å². The van der Waals surface area contributed by atoms with E-state index in [4.69, 9.17) is 34.4 Å². The number of unbranched alkanes of at least 4 members (excludes halogenated alkanes) is 1. The number of aliphatic imine (C=N–C) groups is 2. The highest BCUT2D eigenvalue weighted by atomic mass is 16.4. The Kier molecular flexibility index (Phi) is 17.6. The van der Waals surface area contributed by atoms with Gasteiger partial charge in [0.1, 0.15) is 18.1 Å². The number of hydrogen-bond donors (Lipinski definition) is 10. The third-order valence-electron chi connectivity index (χ3n) is 5.69. The lowest BCUT2D eigenvalue weighted by Gasteiger charge is -2.27. The van der Waals surface area contributed by atoms with E-state index in [-0.39, 0.29) is 43.6 Å². The molecule has 3 amide bonds. The number of rotatable bonds is 20. The number of carboxylic acid groups (broad SMARTS) is 1. The van der Waals surface area contributed by atoms with Gasteiger partial charge in [0.25, 0.3) is 0 Å². The van der Waals surface area contributed by atoms with Gasteiger partial charge in [-0.25, -0.2) is 4.79 Å². The van der Waals surface area contributed by atoms with Crippen LogP contribution in [-0.4, -0.2) is 84.5 Å². The maximum absolute atomic E-state index is 13.2. The van der Waals surface area contributed by atoms with Gasteiger partial charge in [0.05, 0.1) is 6.04 Å². The lowest BCUT2D eigenvalue weighted by Crippen LogP contribution is -2.58. The first kappa shape index (κ1) is 35.3. The van der Waals surface area contributed by atoms with Crippen molar-refractivity contribution in [2.24, 2.45) is 50.3 Å². The molecule has 0 rings (SSSR count). The van der Waals surface area contributed by atoms with Crippen molar-refractivity contribution in [2.45, 2.75) is 83.0 Å². The van der Waals surface area contributed by atoms with Gasteiger partial charge in [-0.1, -0.05) is 13.8 Å². The highest BCUT2D eigenvalue weighted by Crippen LogP contribution is 2.08. The van der Waals surface area contributed by atoms with E-state index < -0.39 is 47.9 Å². The molecule has 16 heteroatoms. The standard InChI is InChI=1S/C23H47N11O5/c1-13(2)17(20(37)33-16(21(38)39)8-3-4-10-24)34-19(36)15(9-6-12-31-23(28)29)32-18(35)14(25)7-5-11-30-22(26)27/h13-17H,3-12,24-25H2,1-2H3,(H,32,35)(H,33,37)(H,34,36)(H,38,39)(H4,26,27,30)(H4,28,29,31). The fraction of sp³-hybridized carbons (Fsp3) is 0.739. The smallest absolute Gasteiger partial charge is 0.326 e. The summed E-state index contributed by atoms with van der Waals surface area (Å²) in [5.41, 5.74) is 32.7. The van der Waals surface area contributed by atoms with E-state index in [1.807, 2.05) is 0 Å². The van der Waals surface area contributed by atoms with Crippen molar-refractivity contribution >= 4 is 35.6 Å². The molecule has 0 bridgehead atoms. The molecule has 0 fully saturated rings. The van der Waals surface area contributed by atoms with E-state index in [0.29, 0.717) is 38.8 Å². The van der Waals surface area contributed by atoms with Crippen LogP contribution in [0.2, 0.25) is 0 Å². The van der Waals surface area contributed by atoms with Crippen LogP contribution in [0.15, 0.2) is 9.98 Å². The topological polar surface area (TPSA) is 305 Å². The number of aliphatic carboxylic acids is 1. The first-order valence-corrected chi connectivity index (χ1v) is 13.0. The van der Waals surface area contributed by atoms with Crippen molar-refractivity contribution < 1.29 is 24.3 Å². The Morgan fingerprint density at radius 3 is 1.72 bits per heavy atom. The first-order valence-electron chi connectivity index (χ1n) is 13.0. The number of nitrogens with one attached hydrogen (secondary N) is 3. The molecular formula is C23H47N11O5. The van der Waals surface area contributed by atoms with Crippen LogP contribution in [0.1, 0.15) is 58.8 Å². The summed E-state index contributed by atoms with van der Waals surface area (Å²) in [7, 11) is 0.